The van der Waals surface area contributed by atoms with Crippen LogP contribution in [0.1, 0.15) is 10.4 Å². The molecule has 1 aromatic rings. The predicted octanol–water partition coefficient (Wildman–Crippen LogP) is 1.48. The number of nitrogens with one attached hydrogen (secondary N) is 2. The second-order valence-electron chi connectivity index (χ2n) is 5.06. The molecule has 1 heterocycles. The average Bonchev–Trinajstić information content (AvgIpc) is 2.49. The highest BCUT2D eigenvalue weighted by molar-refractivity contribution is 6.34. The second-order valence-corrected chi connectivity index (χ2v) is 5.47. The molecule has 114 valence electrons. The van der Waals surface area contributed by atoms with Crippen LogP contribution in [0.5, 0.6) is 0 Å². The van der Waals surface area contributed by atoms with Gasteiger partial charge in [-0.25, -0.2) is 4.79 Å². The molecule has 0 aliphatic carbocycles. The Morgan fingerprint density at radius 2 is 1.95 bits per heavy atom. The molecular formula is C14H19ClN4O2. The van der Waals surface area contributed by atoms with E-state index in [1.807, 2.05) is 0 Å². The predicted molar refractivity (Wildman–Crippen MR) is 82.9 cm³/mol. The van der Waals surface area contributed by atoms with Gasteiger partial charge in [-0.05, 0) is 18.2 Å². The monoisotopic (exact) mass is 310 g/mol. The molecule has 1 aromatic carbocycles. The summed E-state index contributed by atoms with van der Waals surface area (Å²) >= 11 is 6.12. The van der Waals surface area contributed by atoms with Crippen molar-refractivity contribution in [3.8, 4) is 0 Å². The summed E-state index contributed by atoms with van der Waals surface area (Å²) in [6, 6.07) is 4.67. The maximum atomic E-state index is 12.5. The largest absolute Gasteiger partial charge is 0.336 e. The van der Waals surface area contributed by atoms with Gasteiger partial charge in [-0.3, -0.25) is 4.79 Å². The minimum atomic E-state index is -0.252. The van der Waals surface area contributed by atoms with Gasteiger partial charge in [-0.1, -0.05) is 11.6 Å². The van der Waals surface area contributed by atoms with E-state index in [2.05, 4.69) is 10.6 Å². The van der Waals surface area contributed by atoms with Crippen molar-refractivity contribution < 1.29 is 9.59 Å². The lowest BCUT2D eigenvalue weighted by molar-refractivity contribution is 0.0736. The fraction of sp³-hybridized carbons (Fsp3) is 0.429. The van der Waals surface area contributed by atoms with Crippen LogP contribution in [-0.2, 0) is 0 Å². The molecule has 3 amide bonds. The summed E-state index contributed by atoms with van der Waals surface area (Å²) < 4.78 is 0. The summed E-state index contributed by atoms with van der Waals surface area (Å²) in [4.78, 5) is 27.3. The first-order valence-corrected chi connectivity index (χ1v) is 7.14. The van der Waals surface area contributed by atoms with Crippen molar-refractivity contribution in [1.29, 1.82) is 0 Å². The van der Waals surface area contributed by atoms with E-state index >= 15 is 0 Å². The number of anilines is 1. The maximum absolute atomic E-state index is 12.5. The number of halogens is 1. The third-order valence-corrected chi connectivity index (χ3v) is 3.59. The summed E-state index contributed by atoms with van der Waals surface area (Å²) in [5.74, 6) is -0.109. The number of benzene rings is 1. The standard InChI is InChI=1S/C14H19ClN4O2/c1-18(2)14(21)17-10-3-4-12(15)11(9-10)13(20)19-7-5-16-6-8-19/h3-4,9,16H,5-8H2,1-2H3,(H,17,21). The zero-order chi connectivity index (χ0) is 15.4. The fourth-order valence-corrected chi connectivity index (χ4v) is 2.24. The zero-order valence-corrected chi connectivity index (χ0v) is 12.9. The third kappa shape index (κ3) is 3.86. The Labute approximate surface area is 129 Å². The lowest BCUT2D eigenvalue weighted by Crippen LogP contribution is -2.46. The van der Waals surface area contributed by atoms with Crippen LogP contribution in [-0.4, -0.2) is 62.0 Å². The summed E-state index contributed by atoms with van der Waals surface area (Å²) in [7, 11) is 3.30. The Balaban J connectivity index is 2.18. The summed E-state index contributed by atoms with van der Waals surface area (Å²) in [5, 5.41) is 6.30. The lowest BCUT2D eigenvalue weighted by Gasteiger charge is -2.28. The van der Waals surface area contributed by atoms with Crippen molar-refractivity contribution in [3.05, 3.63) is 28.8 Å². The Hall–Kier alpha value is -1.79. The topological polar surface area (TPSA) is 64.7 Å². The van der Waals surface area contributed by atoms with Gasteiger partial charge in [0.1, 0.15) is 0 Å². The lowest BCUT2D eigenvalue weighted by atomic mass is 10.1. The molecule has 21 heavy (non-hydrogen) atoms. The molecule has 1 aliphatic heterocycles. The average molecular weight is 311 g/mol. The van der Waals surface area contributed by atoms with Gasteiger partial charge in [0, 0.05) is 46.0 Å². The highest BCUT2D eigenvalue weighted by Crippen LogP contribution is 2.22. The molecule has 0 saturated carbocycles. The molecule has 6 nitrogen and oxygen atoms in total. The number of amides is 3. The van der Waals surface area contributed by atoms with E-state index in [0.717, 1.165) is 13.1 Å². The minimum Gasteiger partial charge on any atom is -0.336 e. The maximum Gasteiger partial charge on any atom is 0.321 e. The number of urea groups is 1. The van der Waals surface area contributed by atoms with Gasteiger partial charge in [0.2, 0.25) is 0 Å². The second kappa shape index (κ2) is 6.78. The number of carbonyl (C=O) groups is 2. The summed E-state index contributed by atoms with van der Waals surface area (Å²) in [6.07, 6.45) is 0. The summed E-state index contributed by atoms with van der Waals surface area (Å²) in [6.45, 7) is 2.87. The fourth-order valence-electron chi connectivity index (χ4n) is 2.04. The number of piperazine rings is 1. The first-order valence-electron chi connectivity index (χ1n) is 6.77. The minimum absolute atomic E-state index is 0.109. The number of hydrogen-bond acceptors (Lipinski definition) is 3. The Morgan fingerprint density at radius 1 is 1.29 bits per heavy atom. The third-order valence-electron chi connectivity index (χ3n) is 3.26. The molecule has 0 bridgehead atoms. The van der Waals surface area contributed by atoms with Crippen molar-refractivity contribution >= 4 is 29.2 Å². The molecule has 2 N–H and O–H groups in total. The summed E-state index contributed by atoms with van der Waals surface area (Å²) in [5.41, 5.74) is 0.965. The van der Waals surface area contributed by atoms with E-state index in [0.29, 0.717) is 29.4 Å². The molecule has 7 heteroatoms. The molecule has 0 aromatic heterocycles. The van der Waals surface area contributed by atoms with Crippen LogP contribution in [0.15, 0.2) is 18.2 Å². The van der Waals surface area contributed by atoms with Gasteiger partial charge < -0.3 is 20.4 Å². The van der Waals surface area contributed by atoms with Crippen molar-refractivity contribution in [1.82, 2.24) is 15.1 Å². The van der Waals surface area contributed by atoms with Crippen LogP contribution in [0, 0.1) is 0 Å². The smallest absolute Gasteiger partial charge is 0.321 e. The van der Waals surface area contributed by atoms with E-state index in [1.165, 1.54) is 4.90 Å². The molecule has 0 unspecified atom stereocenters. The number of rotatable bonds is 2. The first-order chi connectivity index (χ1) is 9.99. The van der Waals surface area contributed by atoms with E-state index in [-0.39, 0.29) is 11.9 Å². The van der Waals surface area contributed by atoms with Gasteiger partial charge in [0.15, 0.2) is 0 Å². The van der Waals surface area contributed by atoms with Crippen LogP contribution in [0.3, 0.4) is 0 Å². The molecule has 2 rings (SSSR count). The first kappa shape index (κ1) is 15.6. The highest BCUT2D eigenvalue weighted by atomic mass is 35.5. The van der Waals surface area contributed by atoms with Crippen molar-refractivity contribution in [2.24, 2.45) is 0 Å². The molecule has 1 fully saturated rings. The highest BCUT2D eigenvalue weighted by Gasteiger charge is 2.20. The van der Waals surface area contributed by atoms with Gasteiger partial charge in [0.25, 0.3) is 5.91 Å². The Bertz CT molecular complexity index is 542. The Kier molecular flexibility index (Phi) is 5.03. The van der Waals surface area contributed by atoms with Crippen molar-refractivity contribution in [2.75, 3.05) is 45.6 Å². The van der Waals surface area contributed by atoms with Crippen LogP contribution in [0.4, 0.5) is 10.5 Å². The molecule has 0 spiro atoms. The SMILES string of the molecule is CN(C)C(=O)Nc1ccc(Cl)c(C(=O)N2CCNCC2)c1. The number of nitrogens with zero attached hydrogens (tertiary/aromatic N) is 2. The van der Waals surface area contributed by atoms with Gasteiger partial charge in [-0.15, -0.1) is 0 Å². The van der Waals surface area contributed by atoms with Crippen LogP contribution in [0.2, 0.25) is 5.02 Å². The van der Waals surface area contributed by atoms with E-state index in [4.69, 9.17) is 11.6 Å². The number of hydrogen-bond donors (Lipinski definition) is 2. The quantitative estimate of drug-likeness (QED) is 0.869. The van der Waals surface area contributed by atoms with Crippen LogP contribution < -0.4 is 10.6 Å². The molecule has 1 aliphatic rings. The van der Waals surface area contributed by atoms with Gasteiger partial charge in [-0.2, -0.15) is 0 Å². The van der Waals surface area contributed by atoms with E-state index < -0.39 is 0 Å². The van der Waals surface area contributed by atoms with Crippen LogP contribution >= 0.6 is 11.6 Å². The molecule has 1 saturated heterocycles. The molecule has 0 atom stereocenters. The van der Waals surface area contributed by atoms with Gasteiger partial charge >= 0.3 is 6.03 Å². The zero-order valence-electron chi connectivity index (χ0n) is 12.1. The number of carbonyl (C=O) groups excluding carboxylic acids is 2. The normalized spacial score (nSPS) is 14.7. The van der Waals surface area contributed by atoms with Crippen molar-refractivity contribution in [3.63, 3.8) is 0 Å². The van der Waals surface area contributed by atoms with Crippen molar-refractivity contribution in [2.45, 2.75) is 0 Å². The van der Waals surface area contributed by atoms with E-state index in [9.17, 15) is 9.59 Å². The van der Waals surface area contributed by atoms with Crippen LogP contribution in [0.25, 0.3) is 0 Å². The van der Waals surface area contributed by atoms with E-state index in [1.54, 1.807) is 37.2 Å². The Morgan fingerprint density at radius 3 is 2.57 bits per heavy atom. The molecule has 0 radical (unpaired) electrons. The molecular weight excluding hydrogens is 292 g/mol. The van der Waals surface area contributed by atoms with Gasteiger partial charge in [0.05, 0.1) is 10.6 Å².